The molecule has 0 heterocycles. The number of anilines is 2. The van der Waals surface area contributed by atoms with Gasteiger partial charge in [0.1, 0.15) is 0 Å². The lowest BCUT2D eigenvalue weighted by Gasteiger charge is -2.25. The summed E-state index contributed by atoms with van der Waals surface area (Å²) in [5.41, 5.74) is 5.61. The summed E-state index contributed by atoms with van der Waals surface area (Å²) in [6.07, 6.45) is 7.31. The molecule has 2 aromatic carbocycles. The second-order valence-electron chi connectivity index (χ2n) is 6.02. The van der Waals surface area contributed by atoms with Crippen LogP contribution in [0.15, 0.2) is 48.5 Å². The van der Waals surface area contributed by atoms with Crippen molar-refractivity contribution in [2.75, 3.05) is 11.9 Å². The first-order valence-corrected chi connectivity index (χ1v) is 8.67. The Hall–Kier alpha value is -1.76. The van der Waals surface area contributed by atoms with Crippen LogP contribution in [0.5, 0.6) is 0 Å². The van der Waals surface area contributed by atoms with Gasteiger partial charge in [-0.3, -0.25) is 0 Å². The molecule has 0 bridgehead atoms. The largest absolute Gasteiger partial charge is 0.344 e. The van der Waals surface area contributed by atoms with Gasteiger partial charge in [0.2, 0.25) is 0 Å². The molecule has 1 nitrogen and oxygen atoms in total. The SMILES string of the molecule is CCCCc1ccccc1N(C)c1ccccc1CCCC. The van der Waals surface area contributed by atoms with Crippen LogP contribution in [0.3, 0.4) is 0 Å². The van der Waals surface area contributed by atoms with E-state index < -0.39 is 0 Å². The van der Waals surface area contributed by atoms with Crippen molar-refractivity contribution in [3.8, 4) is 0 Å². The van der Waals surface area contributed by atoms with Crippen LogP contribution in [0.4, 0.5) is 11.4 Å². The standard InChI is InChI=1S/C21H29N/c1-4-6-12-18-14-8-10-16-20(18)22(3)21-17-11-9-15-19(21)13-7-5-2/h8-11,14-17H,4-7,12-13H2,1-3H3. The summed E-state index contributed by atoms with van der Waals surface area (Å²) in [5.74, 6) is 0. The topological polar surface area (TPSA) is 3.24 Å². The third-order valence-electron chi connectivity index (χ3n) is 4.31. The average Bonchev–Trinajstić information content (AvgIpc) is 2.58. The molecule has 0 saturated heterocycles. The molecule has 0 N–H and O–H groups in total. The second kappa shape index (κ2) is 8.63. The fraction of sp³-hybridized carbons (Fsp3) is 0.429. The lowest BCUT2D eigenvalue weighted by molar-refractivity contribution is 0.789. The molecular weight excluding hydrogens is 266 g/mol. The zero-order valence-corrected chi connectivity index (χ0v) is 14.3. The molecule has 2 rings (SSSR count). The Labute approximate surface area is 136 Å². The third-order valence-corrected chi connectivity index (χ3v) is 4.31. The maximum atomic E-state index is 2.37. The maximum Gasteiger partial charge on any atom is 0.0440 e. The highest BCUT2D eigenvalue weighted by Gasteiger charge is 2.11. The van der Waals surface area contributed by atoms with Crippen molar-refractivity contribution in [3.05, 3.63) is 59.7 Å². The number of benzene rings is 2. The molecule has 118 valence electrons. The van der Waals surface area contributed by atoms with Crippen LogP contribution < -0.4 is 4.90 Å². The molecule has 0 fully saturated rings. The first-order chi connectivity index (χ1) is 10.8. The van der Waals surface area contributed by atoms with Crippen LogP contribution in [-0.2, 0) is 12.8 Å². The fourth-order valence-corrected chi connectivity index (χ4v) is 2.96. The van der Waals surface area contributed by atoms with Crippen LogP contribution in [0, 0.1) is 0 Å². The highest BCUT2D eigenvalue weighted by atomic mass is 15.1. The summed E-state index contributed by atoms with van der Waals surface area (Å²) < 4.78 is 0. The Bertz CT molecular complexity index is 522. The molecular formula is C21H29N. The normalized spacial score (nSPS) is 10.7. The molecule has 0 saturated carbocycles. The van der Waals surface area contributed by atoms with Crippen molar-refractivity contribution in [3.63, 3.8) is 0 Å². The first-order valence-electron chi connectivity index (χ1n) is 8.67. The summed E-state index contributed by atoms with van der Waals surface area (Å²) in [6, 6.07) is 17.7. The van der Waals surface area contributed by atoms with Gasteiger partial charge in [-0.2, -0.15) is 0 Å². The van der Waals surface area contributed by atoms with E-state index in [4.69, 9.17) is 0 Å². The van der Waals surface area contributed by atoms with Crippen molar-refractivity contribution < 1.29 is 0 Å². The molecule has 0 atom stereocenters. The third kappa shape index (κ3) is 4.13. The number of rotatable bonds is 8. The minimum absolute atomic E-state index is 1.16. The molecule has 0 aliphatic carbocycles. The van der Waals surface area contributed by atoms with E-state index >= 15 is 0 Å². The number of unbranched alkanes of at least 4 members (excludes halogenated alkanes) is 2. The number of nitrogens with zero attached hydrogens (tertiary/aromatic N) is 1. The molecule has 2 aromatic rings. The number of aryl methyl sites for hydroxylation is 2. The van der Waals surface area contributed by atoms with E-state index in [-0.39, 0.29) is 0 Å². The highest BCUT2D eigenvalue weighted by Crippen LogP contribution is 2.31. The molecule has 0 aliphatic rings. The Morgan fingerprint density at radius 3 is 1.50 bits per heavy atom. The minimum Gasteiger partial charge on any atom is -0.344 e. The van der Waals surface area contributed by atoms with Crippen molar-refractivity contribution in [1.29, 1.82) is 0 Å². The Balaban J connectivity index is 2.30. The highest BCUT2D eigenvalue weighted by molar-refractivity contribution is 5.68. The number of hydrogen-bond donors (Lipinski definition) is 0. The monoisotopic (exact) mass is 295 g/mol. The van der Waals surface area contributed by atoms with Gasteiger partial charge < -0.3 is 4.90 Å². The predicted molar refractivity (Wildman–Crippen MR) is 98.2 cm³/mol. The zero-order chi connectivity index (χ0) is 15.8. The van der Waals surface area contributed by atoms with Gasteiger partial charge in [0.25, 0.3) is 0 Å². The number of para-hydroxylation sites is 2. The van der Waals surface area contributed by atoms with Gasteiger partial charge in [-0.15, -0.1) is 0 Å². The summed E-state index contributed by atoms with van der Waals surface area (Å²) in [7, 11) is 2.20. The van der Waals surface area contributed by atoms with E-state index in [1.807, 2.05) is 0 Å². The van der Waals surface area contributed by atoms with Crippen molar-refractivity contribution in [2.24, 2.45) is 0 Å². The fourth-order valence-electron chi connectivity index (χ4n) is 2.96. The van der Waals surface area contributed by atoms with Gasteiger partial charge in [-0.25, -0.2) is 0 Å². The lowest BCUT2D eigenvalue weighted by atomic mass is 10.0. The molecule has 0 aromatic heterocycles. The van der Waals surface area contributed by atoms with Gasteiger partial charge in [0.05, 0.1) is 0 Å². The minimum atomic E-state index is 1.16. The van der Waals surface area contributed by atoms with Gasteiger partial charge in [-0.1, -0.05) is 63.1 Å². The van der Waals surface area contributed by atoms with Gasteiger partial charge in [-0.05, 0) is 48.9 Å². The van der Waals surface area contributed by atoms with E-state index in [9.17, 15) is 0 Å². The molecule has 1 heteroatoms. The zero-order valence-electron chi connectivity index (χ0n) is 14.3. The number of hydrogen-bond acceptors (Lipinski definition) is 1. The Morgan fingerprint density at radius 2 is 1.09 bits per heavy atom. The molecule has 0 spiro atoms. The van der Waals surface area contributed by atoms with Crippen LogP contribution in [0.1, 0.15) is 50.7 Å². The predicted octanol–water partition coefficient (Wildman–Crippen LogP) is 6.14. The van der Waals surface area contributed by atoms with E-state index in [2.05, 4.69) is 74.3 Å². The first kappa shape index (κ1) is 16.6. The van der Waals surface area contributed by atoms with Gasteiger partial charge in [0, 0.05) is 18.4 Å². The smallest absolute Gasteiger partial charge is 0.0440 e. The lowest BCUT2D eigenvalue weighted by Crippen LogP contribution is -2.14. The van der Waals surface area contributed by atoms with E-state index in [0.717, 1.165) is 12.8 Å². The second-order valence-corrected chi connectivity index (χ2v) is 6.02. The molecule has 0 unspecified atom stereocenters. The van der Waals surface area contributed by atoms with Crippen LogP contribution in [-0.4, -0.2) is 7.05 Å². The molecule has 0 amide bonds. The summed E-state index contributed by atoms with van der Waals surface area (Å²) >= 11 is 0. The van der Waals surface area contributed by atoms with E-state index in [0.29, 0.717) is 0 Å². The summed E-state index contributed by atoms with van der Waals surface area (Å²) in [5, 5.41) is 0. The Morgan fingerprint density at radius 1 is 0.682 bits per heavy atom. The summed E-state index contributed by atoms with van der Waals surface area (Å²) in [6.45, 7) is 4.51. The molecule has 22 heavy (non-hydrogen) atoms. The molecule has 0 radical (unpaired) electrons. The Kier molecular flexibility index (Phi) is 6.51. The van der Waals surface area contributed by atoms with Crippen molar-refractivity contribution >= 4 is 11.4 Å². The average molecular weight is 295 g/mol. The van der Waals surface area contributed by atoms with Crippen LogP contribution >= 0.6 is 0 Å². The quantitative estimate of drug-likeness (QED) is 0.565. The van der Waals surface area contributed by atoms with Crippen molar-refractivity contribution in [2.45, 2.75) is 52.4 Å². The van der Waals surface area contributed by atoms with Crippen molar-refractivity contribution in [1.82, 2.24) is 0 Å². The molecule has 0 aliphatic heterocycles. The van der Waals surface area contributed by atoms with Gasteiger partial charge >= 0.3 is 0 Å². The van der Waals surface area contributed by atoms with Gasteiger partial charge in [0.15, 0.2) is 0 Å². The van der Waals surface area contributed by atoms with E-state index in [1.165, 1.54) is 48.2 Å². The van der Waals surface area contributed by atoms with Crippen LogP contribution in [0.25, 0.3) is 0 Å². The summed E-state index contributed by atoms with van der Waals surface area (Å²) in [4.78, 5) is 2.37. The maximum absolute atomic E-state index is 2.37. The van der Waals surface area contributed by atoms with Crippen LogP contribution in [0.2, 0.25) is 0 Å². The van der Waals surface area contributed by atoms with E-state index in [1.54, 1.807) is 0 Å².